The Hall–Kier alpha value is -2.02. The van der Waals surface area contributed by atoms with E-state index in [0.29, 0.717) is 10.4 Å². The molecule has 0 unspecified atom stereocenters. The van der Waals surface area contributed by atoms with Gasteiger partial charge in [0, 0.05) is 36.8 Å². The Morgan fingerprint density at radius 1 is 1.04 bits per heavy atom. The number of nitrogens with zero attached hydrogens (tertiary/aromatic N) is 2. The first-order valence-electron chi connectivity index (χ1n) is 7.32. The summed E-state index contributed by atoms with van der Waals surface area (Å²) >= 11 is 11.8. The molecular formula is C17H15Cl2N3O2S. The summed E-state index contributed by atoms with van der Waals surface area (Å²) in [5.41, 5.74) is 0.928. The molecule has 3 aromatic rings. The zero-order chi connectivity index (χ0) is 18.2. The summed E-state index contributed by atoms with van der Waals surface area (Å²) in [4.78, 5) is 6.04. The van der Waals surface area contributed by atoms with Crippen LogP contribution in [0.1, 0.15) is 0 Å². The summed E-state index contributed by atoms with van der Waals surface area (Å²) in [5.74, 6) is 0.0341. The van der Waals surface area contributed by atoms with Crippen molar-refractivity contribution in [2.24, 2.45) is 0 Å². The third-order valence-electron chi connectivity index (χ3n) is 3.67. The summed E-state index contributed by atoms with van der Waals surface area (Å²) in [6.07, 6.45) is 1.33. The Morgan fingerprint density at radius 2 is 1.72 bits per heavy atom. The van der Waals surface area contributed by atoms with E-state index in [1.54, 1.807) is 18.2 Å². The second-order valence-electron chi connectivity index (χ2n) is 5.61. The lowest BCUT2D eigenvalue weighted by Gasteiger charge is -2.17. The van der Waals surface area contributed by atoms with Gasteiger partial charge in [0.2, 0.25) is 0 Å². The molecule has 0 aliphatic rings. The quantitative estimate of drug-likeness (QED) is 0.710. The van der Waals surface area contributed by atoms with Crippen LogP contribution in [0.5, 0.6) is 0 Å². The predicted molar refractivity (Wildman–Crippen MR) is 103 cm³/mol. The van der Waals surface area contributed by atoms with E-state index < -0.39 is 10.0 Å². The first-order valence-corrected chi connectivity index (χ1v) is 9.56. The smallest absolute Gasteiger partial charge is 0.263 e. The molecule has 0 aliphatic heterocycles. The molecule has 0 spiro atoms. The molecule has 5 nitrogen and oxygen atoms in total. The van der Waals surface area contributed by atoms with Crippen molar-refractivity contribution in [3.8, 4) is 0 Å². The highest BCUT2D eigenvalue weighted by Crippen LogP contribution is 2.32. The van der Waals surface area contributed by atoms with Crippen molar-refractivity contribution in [2.75, 3.05) is 23.7 Å². The van der Waals surface area contributed by atoms with Crippen LogP contribution in [0, 0.1) is 0 Å². The van der Waals surface area contributed by atoms with E-state index in [0.717, 1.165) is 11.1 Å². The number of nitrogens with one attached hydrogen (secondary N) is 1. The molecule has 8 heteroatoms. The average Bonchev–Trinajstić information content (AvgIpc) is 2.56. The highest BCUT2D eigenvalue weighted by molar-refractivity contribution is 7.93. The minimum absolute atomic E-state index is 0.0341. The van der Waals surface area contributed by atoms with Crippen molar-refractivity contribution in [1.29, 1.82) is 0 Å². The van der Waals surface area contributed by atoms with E-state index in [2.05, 4.69) is 9.71 Å². The van der Waals surface area contributed by atoms with E-state index in [9.17, 15) is 8.42 Å². The van der Waals surface area contributed by atoms with Gasteiger partial charge in [-0.3, -0.25) is 4.72 Å². The van der Waals surface area contributed by atoms with Crippen LogP contribution in [-0.4, -0.2) is 27.5 Å². The number of hydrogen-bond donors (Lipinski definition) is 1. The molecule has 1 N–H and O–H groups in total. The Labute approximate surface area is 156 Å². The first kappa shape index (κ1) is 17.8. The topological polar surface area (TPSA) is 62.3 Å². The Morgan fingerprint density at radius 3 is 2.40 bits per heavy atom. The molecule has 2 aromatic carbocycles. The van der Waals surface area contributed by atoms with Crippen LogP contribution in [0.2, 0.25) is 10.0 Å². The summed E-state index contributed by atoms with van der Waals surface area (Å²) < 4.78 is 28.2. The summed E-state index contributed by atoms with van der Waals surface area (Å²) in [6, 6.07) is 12.1. The normalized spacial score (nSPS) is 11.5. The highest BCUT2D eigenvalue weighted by Gasteiger charge is 2.20. The largest absolute Gasteiger partial charge is 0.377 e. The van der Waals surface area contributed by atoms with Crippen molar-refractivity contribution in [2.45, 2.75) is 4.90 Å². The molecule has 130 valence electrons. The summed E-state index contributed by atoms with van der Waals surface area (Å²) in [6.45, 7) is 0. The van der Waals surface area contributed by atoms with Gasteiger partial charge in [-0.25, -0.2) is 13.4 Å². The van der Waals surface area contributed by atoms with Crippen molar-refractivity contribution >= 4 is 55.5 Å². The Balaban J connectivity index is 2.13. The minimum atomic E-state index is -3.88. The van der Waals surface area contributed by atoms with Gasteiger partial charge >= 0.3 is 0 Å². The number of anilines is 2. The van der Waals surface area contributed by atoms with Crippen LogP contribution < -0.4 is 9.62 Å². The fourth-order valence-electron chi connectivity index (χ4n) is 2.56. The molecular weight excluding hydrogens is 381 g/mol. The maximum absolute atomic E-state index is 12.9. The SMILES string of the molecule is CN(C)c1cccc2c(S(=O)(=O)Nc3ncc(Cl)cc3Cl)cccc12. The fourth-order valence-corrected chi connectivity index (χ4v) is 4.30. The van der Waals surface area contributed by atoms with Gasteiger partial charge in [-0.1, -0.05) is 47.5 Å². The number of hydrogen-bond acceptors (Lipinski definition) is 4. The van der Waals surface area contributed by atoms with Gasteiger partial charge in [0.05, 0.1) is 14.9 Å². The van der Waals surface area contributed by atoms with Crippen LogP contribution in [0.4, 0.5) is 11.5 Å². The van der Waals surface area contributed by atoms with E-state index in [-0.39, 0.29) is 15.7 Å². The number of fused-ring (bicyclic) bond motifs is 1. The van der Waals surface area contributed by atoms with Gasteiger partial charge in [0.1, 0.15) is 0 Å². The third kappa shape index (κ3) is 3.51. The molecule has 3 rings (SSSR count). The maximum Gasteiger partial charge on any atom is 0.263 e. The lowest BCUT2D eigenvalue weighted by Crippen LogP contribution is -2.15. The van der Waals surface area contributed by atoms with Crippen LogP contribution in [0.15, 0.2) is 53.6 Å². The number of sulfonamides is 1. The number of pyridine rings is 1. The molecule has 0 radical (unpaired) electrons. The molecule has 0 saturated carbocycles. The van der Waals surface area contributed by atoms with Crippen molar-refractivity contribution < 1.29 is 8.42 Å². The summed E-state index contributed by atoms with van der Waals surface area (Å²) in [5, 5.41) is 1.91. The molecule has 0 aliphatic carbocycles. The van der Waals surface area contributed by atoms with Gasteiger partial charge in [-0.15, -0.1) is 0 Å². The number of benzene rings is 2. The molecule has 0 bridgehead atoms. The Bertz CT molecular complexity index is 1050. The number of aromatic nitrogens is 1. The van der Waals surface area contributed by atoms with E-state index in [1.807, 2.05) is 37.2 Å². The van der Waals surface area contributed by atoms with E-state index in [1.165, 1.54) is 12.3 Å². The standard InChI is InChI=1S/C17H15Cl2N3O2S/c1-22(2)15-7-3-6-13-12(15)5-4-8-16(13)25(23,24)21-17-14(19)9-11(18)10-20-17/h3-10H,1-2H3,(H,20,21). The monoisotopic (exact) mass is 395 g/mol. The third-order valence-corrected chi connectivity index (χ3v) is 5.56. The van der Waals surface area contributed by atoms with Crippen LogP contribution in [0.25, 0.3) is 10.8 Å². The molecule has 0 saturated heterocycles. The van der Waals surface area contributed by atoms with Crippen molar-refractivity contribution in [1.82, 2.24) is 4.98 Å². The molecule has 1 heterocycles. The second-order valence-corrected chi connectivity index (χ2v) is 8.11. The van der Waals surface area contributed by atoms with Gasteiger partial charge in [-0.2, -0.15) is 0 Å². The minimum Gasteiger partial charge on any atom is -0.377 e. The number of rotatable bonds is 4. The predicted octanol–water partition coefficient (Wildman–Crippen LogP) is 4.41. The maximum atomic E-state index is 12.9. The molecule has 0 amide bonds. The van der Waals surface area contributed by atoms with Gasteiger partial charge in [0.15, 0.2) is 5.82 Å². The lowest BCUT2D eigenvalue weighted by molar-refractivity contribution is 0.602. The first-order chi connectivity index (χ1) is 11.8. The van der Waals surface area contributed by atoms with Gasteiger partial charge < -0.3 is 4.90 Å². The van der Waals surface area contributed by atoms with Crippen LogP contribution >= 0.6 is 23.2 Å². The summed E-state index contributed by atoms with van der Waals surface area (Å²) in [7, 11) is -0.0596. The fraction of sp³-hybridized carbons (Fsp3) is 0.118. The molecule has 0 fully saturated rings. The highest BCUT2D eigenvalue weighted by atomic mass is 35.5. The van der Waals surface area contributed by atoms with E-state index in [4.69, 9.17) is 23.2 Å². The average molecular weight is 396 g/mol. The lowest BCUT2D eigenvalue weighted by atomic mass is 10.1. The zero-order valence-corrected chi connectivity index (χ0v) is 15.8. The Kier molecular flexibility index (Phi) is 4.77. The van der Waals surface area contributed by atoms with Gasteiger partial charge in [0.25, 0.3) is 10.0 Å². The van der Waals surface area contributed by atoms with Crippen LogP contribution in [0.3, 0.4) is 0 Å². The second kappa shape index (κ2) is 6.71. The molecule has 0 atom stereocenters. The zero-order valence-electron chi connectivity index (χ0n) is 13.5. The number of halogens is 2. The van der Waals surface area contributed by atoms with Crippen molar-refractivity contribution in [3.05, 3.63) is 58.7 Å². The molecule has 25 heavy (non-hydrogen) atoms. The van der Waals surface area contributed by atoms with Gasteiger partial charge in [-0.05, 0) is 18.2 Å². The molecule has 1 aromatic heterocycles. The van der Waals surface area contributed by atoms with E-state index >= 15 is 0 Å². The van der Waals surface area contributed by atoms with Crippen LogP contribution in [-0.2, 0) is 10.0 Å². The van der Waals surface area contributed by atoms with Crippen molar-refractivity contribution in [3.63, 3.8) is 0 Å².